The van der Waals surface area contributed by atoms with E-state index in [1.54, 1.807) is 48.5 Å². The van der Waals surface area contributed by atoms with Gasteiger partial charge in [-0.1, -0.05) is 23.9 Å². The van der Waals surface area contributed by atoms with Crippen LogP contribution in [0.25, 0.3) is 0 Å². The topological polar surface area (TPSA) is 80.8 Å². The molecule has 0 bridgehead atoms. The van der Waals surface area contributed by atoms with E-state index in [-0.39, 0.29) is 11.8 Å². The van der Waals surface area contributed by atoms with Gasteiger partial charge < -0.3 is 19.7 Å². The molecule has 0 spiro atoms. The molecule has 0 saturated heterocycles. The summed E-state index contributed by atoms with van der Waals surface area (Å²) >= 11 is 1.45. The van der Waals surface area contributed by atoms with Gasteiger partial charge >= 0.3 is 0 Å². The van der Waals surface area contributed by atoms with E-state index in [9.17, 15) is 9.59 Å². The van der Waals surface area contributed by atoms with Gasteiger partial charge in [-0.2, -0.15) is 0 Å². The third-order valence-electron chi connectivity index (χ3n) is 4.89. The molecule has 0 unspecified atom stereocenters. The van der Waals surface area contributed by atoms with Gasteiger partial charge in [0.1, 0.15) is 16.5 Å². The summed E-state index contributed by atoms with van der Waals surface area (Å²) in [6.07, 6.45) is 1.73. The number of fused-ring (bicyclic) bond motifs is 1. The molecule has 4 rings (SSSR count). The van der Waals surface area contributed by atoms with Gasteiger partial charge in [-0.05, 0) is 42.0 Å². The summed E-state index contributed by atoms with van der Waals surface area (Å²) in [5.74, 6) is 1.31. The lowest BCUT2D eigenvalue weighted by atomic mass is 10.1. The first-order chi connectivity index (χ1) is 15.1. The van der Waals surface area contributed by atoms with Crippen molar-refractivity contribution in [3.63, 3.8) is 0 Å². The van der Waals surface area contributed by atoms with Gasteiger partial charge in [0.15, 0.2) is 0 Å². The van der Waals surface area contributed by atoms with Crippen LogP contribution < -0.4 is 19.7 Å². The highest BCUT2D eigenvalue weighted by Crippen LogP contribution is 2.34. The van der Waals surface area contributed by atoms with Gasteiger partial charge in [0.25, 0.3) is 5.91 Å². The van der Waals surface area contributed by atoms with Crippen LogP contribution in [0.15, 0.2) is 65.8 Å². The highest BCUT2D eigenvalue weighted by molar-refractivity contribution is 8.00. The number of nitrogens with zero attached hydrogens (tertiary/aromatic N) is 2. The molecule has 1 aliphatic heterocycles. The van der Waals surface area contributed by atoms with Crippen molar-refractivity contribution in [1.82, 2.24) is 4.98 Å². The minimum atomic E-state index is -0.255. The Bertz CT molecular complexity index is 1120. The van der Waals surface area contributed by atoms with E-state index in [1.165, 1.54) is 18.9 Å². The lowest BCUT2D eigenvalue weighted by molar-refractivity contribution is -0.116. The lowest BCUT2D eigenvalue weighted by Crippen LogP contribution is -2.35. The number of hydrogen-bond acceptors (Lipinski definition) is 6. The number of rotatable bonds is 6. The Balaban J connectivity index is 1.48. The Morgan fingerprint density at radius 2 is 1.94 bits per heavy atom. The predicted molar refractivity (Wildman–Crippen MR) is 120 cm³/mol. The maximum Gasteiger partial charge on any atom is 0.255 e. The smallest absolute Gasteiger partial charge is 0.255 e. The normalized spacial score (nSPS) is 12.8. The van der Waals surface area contributed by atoms with E-state index >= 15 is 0 Å². The molecule has 1 aromatic heterocycles. The number of amides is 2. The van der Waals surface area contributed by atoms with Crippen molar-refractivity contribution in [2.45, 2.75) is 11.6 Å². The standard InChI is InChI=1S/C23H21N3O4S/c1-29-17-9-10-18(20(12-17)30-2)25-22(28)16-7-5-15(6-8-16)13-26-19-4-3-11-24-23(19)31-14-21(26)27/h3-12H,13-14H2,1-2H3,(H,25,28). The molecule has 7 nitrogen and oxygen atoms in total. The minimum Gasteiger partial charge on any atom is -0.497 e. The molecule has 1 N–H and O–H groups in total. The molecule has 2 heterocycles. The van der Waals surface area contributed by atoms with Gasteiger partial charge in [0.05, 0.1) is 37.9 Å². The van der Waals surface area contributed by atoms with Crippen molar-refractivity contribution in [3.8, 4) is 11.5 Å². The quantitative estimate of drug-likeness (QED) is 0.631. The number of benzene rings is 2. The summed E-state index contributed by atoms with van der Waals surface area (Å²) in [5, 5.41) is 3.71. The molecule has 2 amide bonds. The first-order valence-electron chi connectivity index (χ1n) is 9.59. The van der Waals surface area contributed by atoms with Crippen LogP contribution in [-0.4, -0.2) is 36.8 Å². The second kappa shape index (κ2) is 9.09. The van der Waals surface area contributed by atoms with Crippen molar-refractivity contribution in [2.75, 3.05) is 30.2 Å². The second-order valence-corrected chi connectivity index (χ2v) is 7.78. The largest absolute Gasteiger partial charge is 0.497 e. The van der Waals surface area contributed by atoms with Gasteiger partial charge in [-0.25, -0.2) is 4.98 Å². The van der Waals surface area contributed by atoms with Crippen molar-refractivity contribution < 1.29 is 19.1 Å². The van der Waals surface area contributed by atoms with Crippen LogP contribution in [0.3, 0.4) is 0 Å². The molecule has 158 valence electrons. The summed E-state index contributed by atoms with van der Waals surface area (Å²) < 4.78 is 10.5. The minimum absolute atomic E-state index is 0.0407. The Labute approximate surface area is 184 Å². The number of pyridine rings is 1. The van der Waals surface area contributed by atoms with E-state index in [0.717, 1.165) is 16.3 Å². The average Bonchev–Trinajstić information content (AvgIpc) is 2.81. The monoisotopic (exact) mass is 435 g/mol. The Morgan fingerprint density at radius 1 is 1.13 bits per heavy atom. The van der Waals surface area contributed by atoms with Crippen molar-refractivity contribution >= 4 is 35.0 Å². The van der Waals surface area contributed by atoms with Crippen LogP contribution in [0.4, 0.5) is 11.4 Å². The predicted octanol–water partition coefficient (Wildman–Crippen LogP) is 3.99. The fourth-order valence-electron chi connectivity index (χ4n) is 3.26. The van der Waals surface area contributed by atoms with Crippen LogP contribution in [0.1, 0.15) is 15.9 Å². The zero-order chi connectivity index (χ0) is 21.8. The van der Waals surface area contributed by atoms with E-state index in [0.29, 0.717) is 35.0 Å². The molecule has 0 atom stereocenters. The number of hydrogen-bond donors (Lipinski definition) is 1. The van der Waals surface area contributed by atoms with Crippen molar-refractivity contribution in [3.05, 3.63) is 71.9 Å². The number of thioether (sulfide) groups is 1. The second-order valence-electron chi connectivity index (χ2n) is 6.81. The Kier molecular flexibility index (Phi) is 6.08. The first kappa shape index (κ1) is 20.7. The molecule has 2 aromatic carbocycles. The molecule has 31 heavy (non-hydrogen) atoms. The number of carbonyl (C=O) groups is 2. The maximum absolute atomic E-state index is 12.7. The molecule has 0 fully saturated rings. The van der Waals surface area contributed by atoms with Crippen LogP contribution in [0.5, 0.6) is 11.5 Å². The molecular weight excluding hydrogens is 414 g/mol. The summed E-state index contributed by atoms with van der Waals surface area (Å²) in [6.45, 7) is 0.423. The van der Waals surface area contributed by atoms with E-state index in [2.05, 4.69) is 10.3 Å². The van der Waals surface area contributed by atoms with Gasteiger partial charge in [0.2, 0.25) is 5.91 Å². The van der Waals surface area contributed by atoms with Crippen LogP contribution in [0.2, 0.25) is 0 Å². The Morgan fingerprint density at radius 3 is 2.68 bits per heavy atom. The van der Waals surface area contributed by atoms with Crippen molar-refractivity contribution in [2.24, 2.45) is 0 Å². The SMILES string of the molecule is COc1ccc(NC(=O)c2ccc(CN3C(=O)CSc4ncccc43)cc2)c(OC)c1. The maximum atomic E-state index is 12.7. The molecule has 1 aliphatic rings. The van der Waals surface area contributed by atoms with Crippen LogP contribution >= 0.6 is 11.8 Å². The first-order valence-corrected chi connectivity index (χ1v) is 10.6. The number of aromatic nitrogens is 1. The van der Waals surface area contributed by atoms with E-state index < -0.39 is 0 Å². The van der Waals surface area contributed by atoms with Crippen molar-refractivity contribution in [1.29, 1.82) is 0 Å². The lowest BCUT2D eigenvalue weighted by Gasteiger charge is -2.28. The highest BCUT2D eigenvalue weighted by atomic mass is 32.2. The van der Waals surface area contributed by atoms with Crippen LogP contribution in [-0.2, 0) is 11.3 Å². The highest BCUT2D eigenvalue weighted by Gasteiger charge is 2.25. The molecule has 0 radical (unpaired) electrons. The molecule has 8 heteroatoms. The zero-order valence-corrected chi connectivity index (χ0v) is 17.9. The van der Waals surface area contributed by atoms with Gasteiger partial charge in [-0.3, -0.25) is 9.59 Å². The molecule has 3 aromatic rings. The van der Waals surface area contributed by atoms with Gasteiger partial charge in [-0.15, -0.1) is 0 Å². The zero-order valence-electron chi connectivity index (χ0n) is 17.1. The number of ether oxygens (including phenoxy) is 2. The van der Waals surface area contributed by atoms with E-state index in [4.69, 9.17) is 9.47 Å². The number of carbonyl (C=O) groups excluding carboxylic acids is 2. The third-order valence-corrected chi connectivity index (χ3v) is 5.87. The van der Waals surface area contributed by atoms with Gasteiger partial charge in [0, 0.05) is 17.8 Å². The summed E-state index contributed by atoms with van der Waals surface area (Å²) in [5.41, 5.74) is 2.80. The average molecular weight is 436 g/mol. The summed E-state index contributed by atoms with van der Waals surface area (Å²) in [6, 6.07) is 16.1. The molecular formula is C23H21N3O4S. The number of nitrogens with one attached hydrogen (secondary N) is 1. The summed E-state index contributed by atoms with van der Waals surface area (Å²) in [4.78, 5) is 31.2. The fraction of sp³-hybridized carbons (Fsp3) is 0.174. The fourth-order valence-corrected chi connectivity index (χ4v) is 4.13. The Hall–Kier alpha value is -3.52. The van der Waals surface area contributed by atoms with Crippen LogP contribution in [0, 0.1) is 0 Å². The third kappa shape index (κ3) is 4.49. The summed E-state index contributed by atoms with van der Waals surface area (Å²) in [7, 11) is 3.10. The number of methoxy groups -OCH3 is 2. The molecule has 0 aliphatic carbocycles. The molecule has 0 saturated carbocycles. The number of anilines is 2. The van der Waals surface area contributed by atoms with E-state index in [1.807, 2.05) is 24.3 Å².